The van der Waals surface area contributed by atoms with Crippen LogP contribution in [0.2, 0.25) is 0 Å². The fourth-order valence-electron chi connectivity index (χ4n) is 5.40. The van der Waals surface area contributed by atoms with E-state index in [0.29, 0.717) is 30.2 Å². The number of fused-ring (bicyclic) bond motifs is 2. The van der Waals surface area contributed by atoms with Crippen molar-refractivity contribution < 1.29 is 19.3 Å². The molecule has 30 heavy (non-hydrogen) atoms. The quantitative estimate of drug-likeness (QED) is 0.623. The molecule has 0 amide bonds. The molecular formula is C23H37N3O4. The minimum absolute atomic E-state index is 0.271. The highest BCUT2D eigenvalue weighted by Crippen LogP contribution is 2.38. The molecular weight excluding hydrogens is 382 g/mol. The molecule has 3 fully saturated rings. The van der Waals surface area contributed by atoms with Crippen LogP contribution in [0, 0.1) is 11.8 Å². The molecule has 7 nitrogen and oxygen atoms in total. The first-order valence-electron chi connectivity index (χ1n) is 11.3. The SMILES string of the molecule is COc1cc(CN2CCNCC2)ccc1OCC(O)CN1C[C@H]2CC[C@@H](C1)C2OC. The molecule has 7 heteroatoms. The number of β-amino-alcohol motifs (C(OH)–C–C–N with tert-alkyl or cyclic N) is 1. The van der Waals surface area contributed by atoms with Crippen molar-refractivity contribution in [2.45, 2.75) is 31.6 Å². The van der Waals surface area contributed by atoms with Gasteiger partial charge >= 0.3 is 0 Å². The predicted molar refractivity (Wildman–Crippen MR) is 116 cm³/mol. The number of hydrogen-bond acceptors (Lipinski definition) is 7. The number of hydrogen-bond donors (Lipinski definition) is 2. The summed E-state index contributed by atoms with van der Waals surface area (Å²) in [6.45, 7) is 8.07. The van der Waals surface area contributed by atoms with Crippen LogP contribution in [0.3, 0.4) is 0 Å². The van der Waals surface area contributed by atoms with Crippen molar-refractivity contribution in [2.24, 2.45) is 11.8 Å². The van der Waals surface area contributed by atoms with E-state index < -0.39 is 6.10 Å². The average Bonchev–Trinajstić information content (AvgIpc) is 3.02. The Morgan fingerprint density at radius 3 is 2.47 bits per heavy atom. The van der Waals surface area contributed by atoms with E-state index in [9.17, 15) is 5.11 Å². The van der Waals surface area contributed by atoms with Crippen LogP contribution in [0.15, 0.2) is 18.2 Å². The lowest BCUT2D eigenvalue weighted by Crippen LogP contribution is -2.48. The Labute approximate surface area is 180 Å². The number of piperidine rings is 1. The molecule has 4 atom stereocenters. The summed E-state index contributed by atoms with van der Waals surface area (Å²) in [6.07, 6.45) is 2.36. The summed E-state index contributed by atoms with van der Waals surface area (Å²) in [5.41, 5.74) is 1.22. The van der Waals surface area contributed by atoms with Crippen LogP contribution in [0.4, 0.5) is 0 Å². The van der Waals surface area contributed by atoms with E-state index in [1.165, 1.54) is 18.4 Å². The fraction of sp³-hybridized carbons (Fsp3) is 0.739. The van der Waals surface area contributed by atoms with E-state index in [1.54, 1.807) is 7.11 Å². The third-order valence-electron chi connectivity index (χ3n) is 6.84. The van der Waals surface area contributed by atoms with Crippen molar-refractivity contribution in [2.75, 3.05) is 66.6 Å². The molecule has 2 bridgehead atoms. The molecule has 1 saturated carbocycles. The van der Waals surface area contributed by atoms with Crippen molar-refractivity contribution in [3.8, 4) is 11.5 Å². The van der Waals surface area contributed by atoms with E-state index in [4.69, 9.17) is 14.2 Å². The predicted octanol–water partition coefficient (Wildman–Crippen LogP) is 1.20. The molecule has 1 aliphatic carbocycles. The highest BCUT2D eigenvalue weighted by Gasteiger charge is 2.42. The van der Waals surface area contributed by atoms with Crippen LogP contribution in [0.5, 0.6) is 11.5 Å². The van der Waals surface area contributed by atoms with Gasteiger partial charge in [-0.3, -0.25) is 9.80 Å². The third kappa shape index (κ3) is 5.26. The van der Waals surface area contributed by atoms with E-state index in [0.717, 1.165) is 51.6 Å². The van der Waals surface area contributed by atoms with E-state index in [-0.39, 0.29) is 6.61 Å². The van der Waals surface area contributed by atoms with Gasteiger partial charge in [-0.05, 0) is 42.4 Å². The third-order valence-corrected chi connectivity index (χ3v) is 6.84. The normalized spacial score (nSPS) is 28.4. The zero-order chi connectivity index (χ0) is 20.9. The number of aliphatic hydroxyl groups is 1. The Morgan fingerprint density at radius 1 is 1.07 bits per heavy atom. The van der Waals surface area contributed by atoms with E-state index >= 15 is 0 Å². The number of benzene rings is 1. The number of methoxy groups -OCH3 is 2. The molecule has 2 N–H and O–H groups in total. The number of aliphatic hydroxyl groups excluding tert-OH is 1. The minimum Gasteiger partial charge on any atom is -0.493 e. The summed E-state index contributed by atoms with van der Waals surface area (Å²) < 4.78 is 17.2. The minimum atomic E-state index is -0.520. The summed E-state index contributed by atoms with van der Waals surface area (Å²) in [5.74, 6) is 2.63. The maximum atomic E-state index is 10.6. The van der Waals surface area contributed by atoms with Gasteiger partial charge in [0, 0.05) is 59.5 Å². The van der Waals surface area contributed by atoms with Crippen molar-refractivity contribution in [1.29, 1.82) is 0 Å². The van der Waals surface area contributed by atoms with Gasteiger partial charge < -0.3 is 24.6 Å². The Bertz CT molecular complexity index is 668. The van der Waals surface area contributed by atoms with Gasteiger partial charge in [-0.25, -0.2) is 0 Å². The second kappa shape index (κ2) is 10.3. The number of rotatable bonds is 9. The molecule has 0 spiro atoms. The van der Waals surface area contributed by atoms with Gasteiger partial charge in [-0.2, -0.15) is 0 Å². The highest BCUT2D eigenvalue weighted by atomic mass is 16.5. The monoisotopic (exact) mass is 419 g/mol. The molecule has 0 radical (unpaired) electrons. The van der Waals surface area contributed by atoms with Gasteiger partial charge in [0.05, 0.1) is 13.2 Å². The lowest BCUT2D eigenvalue weighted by atomic mass is 9.94. The molecule has 4 rings (SSSR count). The van der Waals surface area contributed by atoms with Crippen LogP contribution in [0.25, 0.3) is 0 Å². The standard InChI is InChI=1S/C23H37N3O4/c1-28-22-11-17(12-25-9-7-24-8-10-25)3-6-21(22)30-16-20(27)15-26-13-18-4-5-19(14-26)23(18)29-2/h3,6,11,18-20,23-24,27H,4-5,7-10,12-16H2,1-2H3/t18-,19+,20?,23?. The molecule has 2 aliphatic heterocycles. The molecule has 0 aromatic heterocycles. The maximum Gasteiger partial charge on any atom is 0.161 e. The van der Waals surface area contributed by atoms with E-state index in [1.807, 2.05) is 13.2 Å². The Kier molecular flexibility index (Phi) is 7.49. The van der Waals surface area contributed by atoms with Crippen LogP contribution < -0.4 is 14.8 Å². The number of nitrogens with one attached hydrogen (secondary N) is 1. The van der Waals surface area contributed by atoms with Crippen molar-refractivity contribution in [3.05, 3.63) is 23.8 Å². The molecule has 2 unspecified atom stereocenters. The summed E-state index contributed by atoms with van der Waals surface area (Å²) in [5, 5.41) is 13.9. The lowest BCUT2D eigenvalue weighted by Gasteiger charge is -2.38. The average molecular weight is 420 g/mol. The van der Waals surface area contributed by atoms with Crippen molar-refractivity contribution in [3.63, 3.8) is 0 Å². The Hall–Kier alpha value is -1.38. The number of ether oxygens (including phenoxy) is 3. The molecule has 168 valence electrons. The van der Waals surface area contributed by atoms with Crippen LogP contribution in [-0.2, 0) is 11.3 Å². The largest absolute Gasteiger partial charge is 0.493 e. The number of piperazine rings is 1. The zero-order valence-corrected chi connectivity index (χ0v) is 18.4. The van der Waals surface area contributed by atoms with Gasteiger partial charge in [-0.15, -0.1) is 0 Å². The van der Waals surface area contributed by atoms with Crippen molar-refractivity contribution in [1.82, 2.24) is 15.1 Å². The summed E-state index contributed by atoms with van der Waals surface area (Å²) >= 11 is 0. The van der Waals surface area contributed by atoms with Gasteiger partial charge in [0.15, 0.2) is 11.5 Å². The first-order valence-corrected chi connectivity index (χ1v) is 11.3. The van der Waals surface area contributed by atoms with Crippen LogP contribution >= 0.6 is 0 Å². The number of nitrogens with zero attached hydrogens (tertiary/aromatic N) is 2. The molecule has 1 aromatic rings. The van der Waals surface area contributed by atoms with Gasteiger partial charge in [0.2, 0.25) is 0 Å². The Balaban J connectivity index is 1.26. The second-order valence-electron chi connectivity index (χ2n) is 8.99. The molecule has 2 heterocycles. The topological polar surface area (TPSA) is 66.4 Å². The van der Waals surface area contributed by atoms with Gasteiger partial charge in [0.1, 0.15) is 12.7 Å². The van der Waals surface area contributed by atoms with Crippen molar-refractivity contribution >= 4 is 0 Å². The first kappa shape index (κ1) is 21.8. The molecule has 3 aliphatic rings. The van der Waals surface area contributed by atoms with Crippen LogP contribution in [-0.4, -0.2) is 93.8 Å². The summed E-state index contributed by atoms with van der Waals surface area (Å²) in [6, 6.07) is 6.11. The highest BCUT2D eigenvalue weighted by molar-refractivity contribution is 5.43. The number of likely N-dealkylation sites (tertiary alicyclic amines) is 1. The second-order valence-corrected chi connectivity index (χ2v) is 8.99. The summed E-state index contributed by atoms with van der Waals surface area (Å²) in [4.78, 5) is 4.81. The van der Waals surface area contributed by atoms with Gasteiger partial charge in [-0.1, -0.05) is 6.07 Å². The smallest absolute Gasteiger partial charge is 0.161 e. The summed E-state index contributed by atoms with van der Waals surface area (Å²) in [7, 11) is 3.50. The molecule has 2 saturated heterocycles. The first-order chi connectivity index (χ1) is 14.7. The van der Waals surface area contributed by atoms with Gasteiger partial charge in [0.25, 0.3) is 0 Å². The Morgan fingerprint density at radius 2 is 1.80 bits per heavy atom. The van der Waals surface area contributed by atoms with E-state index in [2.05, 4.69) is 27.2 Å². The lowest BCUT2D eigenvalue weighted by molar-refractivity contribution is -0.0303. The fourth-order valence-corrected chi connectivity index (χ4v) is 5.40. The molecule has 1 aromatic carbocycles. The van der Waals surface area contributed by atoms with Crippen LogP contribution in [0.1, 0.15) is 18.4 Å². The maximum absolute atomic E-state index is 10.6. The zero-order valence-electron chi connectivity index (χ0n) is 18.4.